The van der Waals surface area contributed by atoms with E-state index in [1.54, 1.807) is 6.92 Å². The van der Waals surface area contributed by atoms with E-state index in [9.17, 15) is 9.90 Å². The van der Waals surface area contributed by atoms with Crippen molar-refractivity contribution in [2.45, 2.75) is 26.9 Å². The fourth-order valence-electron chi connectivity index (χ4n) is 2.01. The average Bonchev–Trinajstić information content (AvgIpc) is 2.44. The molecule has 0 saturated heterocycles. The van der Waals surface area contributed by atoms with Gasteiger partial charge in [-0.05, 0) is 31.0 Å². The number of hydrogen-bond donors (Lipinski definition) is 2. The van der Waals surface area contributed by atoms with Crippen molar-refractivity contribution in [2.75, 3.05) is 5.73 Å². The average molecular weight is 287 g/mol. The van der Waals surface area contributed by atoms with Gasteiger partial charge in [0.25, 0.3) is 0 Å². The van der Waals surface area contributed by atoms with Gasteiger partial charge in [0, 0.05) is 0 Å². The first kappa shape index (κ1) is 14.8. The Balaban J connectivity index is 2.20. The van der Waals surface area contributed by atoms with Gasteiger partial charge in [0.2, 0.25) is 5.95 Å². The molecule has 0 amide bonds. The van der Waals surface area contributed by atoms with Crippen molar-refractivity contribution in [3.63, 3.8) is 0 Å². The second-order valence-corrected chi connectivity index (χ2v) is 4.58. The van der Waals surface area contributed by atoms with Crippen molar-refractivity contribution in [2.24, 2.45) is 0 Å². The van der Waals surface area contributed by atoms with E-state index in [0.29, 0.717) is 11.4 Å². The van der Waals surface area contributed by atoms with E-state index in [4.69, 9.17) is 10.5 Å². The minimum atomic E-state index is -1.09. The molecular formula is C15H17N3O3. The SMILES string of the molecule is CCc1ccc(OCc2nc(N)nc(C)c2C(=O)O)cc1. The fraction of sp³-hybridized carbons (Fsp3) is 0.267. The second kappa shape index (κ2) is 6.21. The summed E-state index contributed by atoms with van der Waals surface area (Å²) in [5.74, 6) is -0.400. The zero-order valence-corrected chi connectivity index (χ0v) is 12.0. The lowest BCUT2D eigenvalue weighted by molar-refractivity contribution is 0.0691. The molecule has 0 aliphatic rings. The summed E-state index contributed by atoms with van der Waals surface area (Å²) in [6, 6.07) is 7.62. The molecule has 0 bridgehead atoms. The van der Waals surface area contributed by atoms with Crippen LogP contribution in [0.15, 0.2) is 24.3 Å². The molecule has 0 aliphatic carbocycles. The van der Waals surface area contributed by atoms with E-state index >= 15 is 0 Å². The lowest BCUT2D eigenvalue weighted by atomic mass is 10.1. The summed E-state index contributed by atoms with van der Waals surface area (Å²) >= 11 is 0. The van der Waals surface area contributed by atoms with E-state index < -0.39 is 5.97 Å². The Kier molecular flexibility index (Phi) is 4.37. The molecule has 1 aromatic carbocycles. The molecular weight excluding hydrogens is 270 g/mol. The Morgan fingerprint density at radius 3 is 2.52 bits per heavy atom. The minimum Gasteiger partial charge on any atom is -0.487 e. The van der Waals surface area contributed by atoms with Gasteiger partial charge >= 0.3 is 5.97 Å². The molecule has 3 N–H and O–H groups in total. The Morgan fingerprint density at radius 2 is 1.95 bits per heavy atom. The largest absolute Gasteiger partial charge is 0.487 e. The number of carboxylic acid groups (broad SMARTS) is 1. The second-order valence-electron chi connectivity index (χ2n) is 4.58. The van der Waals surface area contributed by atoms with Crippen LogP contribution in [0, 0.1) is 6.92 Å². The van der Waals surface area contributed by atoms with Crippen LogP contribution in [-0.2, 0) is 13.0 Å². The number of aromatic nitrogens is 2. The lowest BCUT2D eigenvalue weighted by Gasteiger charge is -2.10. The topological polar surface area (TPSA) is 98.3 Å². The molecule has 0 aliphatic heterocycles. The summed E-state index contributed by atoms with van der Waals surface area (Å²) in [5.41, 5.74) is 7.40. The zero-order valence-electron chi connectivity index (χ0n) is 12.0. The number of anilines is 1. The first-order valence-electron chi connectivity index (χ1n) is 6.59. The van der Waals surface area contributed by atoms with Gasteiger partial charge in [0.05, 0.1) is 11.4 Å². The van der Waals surface area contributed by atoms with E-state index in [0.717, 1.165) is 6.42 Å². The highest BCUT2D eigenvalue weighted by Gasteiger charge is 2.17. The molecule has 2 rings (SSSR count). The van der Waals surface area contributed by atoms with Gasteiger partial charge in [-0.3, -0.25) is 0 Å². The maximum Gasteiger partial charge on any atom is 0.339 e. The highest BCUT2D eigenvalue weighted by atomic mass is 16.5. The zero-order chi connectivity index (χ0) is 15.4. The van der Waals surface area contributed by atoms with Crippen LogP contribution in [0.3, 0.4) is 0 Å². The normalized spacial score (nSPS) is 10.4. The first-order valence-corrected chi connectivity index (χ1v) is 6.59. The number of aryl methyl sites for hydroxylation is 2. The van der Waals surface area contributed by atoms with Crippen molar-refractivity contribution in [1.82, 2.24) is 9.97 Å². The number of nitrogens with zero attached hydrogens (tertiary/aromatic N) is 2. The van der Waals surface area contributed by atoms with Crippen LogP contribution in [0.1, 0.15) is 34.2 Å². The Morgan fingerprint density at radius 1 is 1.29 bits per heavy atom. The molecule has 6 heteroatoms. The molecule has 1 aromatic heterocycles. The standard InChI is InChI=1S/C15H17N3O3/c1-3-10-4-6-11(7-5-10)21-8-12-13(14(19)20)9(2)17-15(16)18-12/h4-7H,3,8H2,1-2H3,(H,19,20)(H2,16,17,18). The van der Waals surface area contributed by atoms with Gasteiger partial charge in [-0.15, -0.1) is 0 Å². The number of ether oxygens (including phenoxy) is 1. The van der Waals surface area contributed by atoms with E-state index in [1.807, 2.05) is 24.3 Å². The molecule has 0 unspecified atom stereocenters. The third-order valence-corrected chi connectivity index (χ3v) is 3.10. The van der Waals surface area contributed by atoms with Crippen molar-refractivity contribution in [1.29, 1.82) is 0 Å². The summed E-state index contributed by atoms with van der Waals surface area (Å²) in [4.78, 5) is 19.1. The summed E-state index contributed by atoms with van der Waals surface area (Å²) in [6.07, 6.45) is 0.949. The Labute approximate surface area is 122 Å². The van der Waals surface area contributed by atoms with Crippen molar-refractivity contribution in [3.8, 4) is 5.75 Å². The van der Waals surface area contributed by atoms with Gasteiger partial charge in [0.15, 0.2) is 0 Å². The molecule has 0 atom stereocenters. The van der Waals surface area contributed by atoms with Crippen molar-refractivity contribution >= 4 is 11.9 Å². The van der Waals surface area contributed by atoms with E-state index in [1.165, 1.54) is 5.56 Å². The van der Waals surface area contributed by atoms with Crippen LogP contribution in [0.25, 0.3) is 0 Å². The smallest absolute Gasteiger partial charge is 0.339 e. The van der Waals surface area contributed by atoms with Gasteiger partial charge in [-0.25, -0.2) is 14.8 Å². The Hall–Kier alpha value is -2.63. The van der Waals surface area contributed by atoms with Crippen LogP contribution in [0.2, 0.25) is 0 Å². The number of hydrogen-bond acceptors (Lipinski definition) is 5. The molecule has 21 heavy (non-hydrogen) atoms. The van der Waals surface area contributed by atoms with Crippen molar-refractivity contribution in [3.05, 3.63) is 46.8 Å². The van der Waals surface area contributed by atoms with Crippen LogP contribution in [-0.4, -0.2) is 21.0 Å². The monoisotopic (exact) mass is 287 g/mol. The lowest BCUT2D eigenvalue weighted by Crippen LogP contribution is -2.14. The van der Waals surface area contributed by atoms with Gasteiger partial charge in [-0.1, -0.05) is 19.1 Å². The highest BCUT2D eigenvalue weighted by molar-refractivity contribution is 5.90. The van der Waals surface area contributed by atoms with Crippen LogP contribution >= 0.6 is 0 Å². The fourth-order valence-corrected chi connectivity index (χ4v) is 2.01. The van der Waals surface area contributed by atoms with Crippen LogP contribution in [0.4, 0.5) is 5.95 Å². The van der Waals surface area contributed by atoms with Gasteiger partial charge in [-0.2, -0.15) is 0 Å². The maximum atomic E-state index is 11.3. The quantitative estimate of drug-likeness (QED) is 0.874. The summed E-state index contributed by atoms with van der Waals surface area (Å²) in [5, 5.41) is 9.23. The van der Waals surface area contributed by atoms with Crippen LogP contribution < -0.4 is 10.5 Å². The van der Waals surface area contributed by atoms with Gasteiger partial charge < -0.3 is 15.6 Å². The predicted molar refractivity (Wildman–Crippen MR) is 78.3 cm³/mol. The molecule has 2 aromatic rings. The summed E-state index contributed by atoms with van der Waals surface area (Å²) in [7, 11) is 0. The number of carboxylic acids is 1. The molecule has 0 fully saturated rings. The number of nitrogen functional groups attached to an aromatic ring is 1. The maximum absolute atomic E-state index is 11.3. The minimum absolute atomic E-state index is 0.0284. The number of aromatic carboxylic acids is 1. The third kappa shape index (κ3) is 3.47. The first-order chi connectivity index (χ1) is 10.0. The number of nitrogens with two attached hydrogens (primary N) is 1. The number of carbonyl (C=O) groups is 1. The highest BCUT2D eigenvalue weighted by Crippen LogP contribution is 2.17. The molecule has 0 saturated carbocycles. The molecule has 1 heterocycles. The molecule has 110 valence electrons. The molecule has 0 radical (unpaired) electrons. The number of benzene rings is 1. The summed E-state index contributed by atoms with van der Waals surface area (Å²) < 4.78 is 5.58. The molecule has 6 nitrogen and oxygen atoms in total. The third-order valence-electron chi connectivity index (χ3n) is 3.10. The summed E-state index contributed by atoms with van der Waals surface area (Å²) in [6.45, 7) is 3.68. The number of rotatable bonds is 5. The predicted octanol–water partition coefficient (Wildman–Crippen LogP) is 2.21. The Bertz CT molecular complexity index is 654. The van der Waals surface area contributed by atoms with Gasteiger partial charge in [0.1, 0.15) is 17.9 Å². The van der Waals surface area contributed by atoms with Crippen LogP contribution in [0.5, 0.6) is 5.75 Å². The van der Waals surface area contributed by atoms with E-state index in [-0.39, 0.29) is 23.8 Å². The van der Waals surface area contributed by atoms with E-state index in [2.05, 4.69) is 16.9 Å². The van der Waals surface area contributed by atoms with Crippen molar-refractivity contribution < 1.29 is 14.6 Å². The molecule has 0 spiro atoms.